The van der Waals surface area contributed by atoms with Crippen LogP contribution in [0.25, 0.3) is 33.6 Å². The maximum Gasteiger partial charge on any atom is 0.167 e. The molecule has 1 fully saturated rings. The van der Waals surface area contributed by atoms with Crippen LogP contribution >= 0.6 is 0 Å². The lowest BCUT2D eigenvalue weighted by Crippen LogP contribution is -2.16. The van der Waals surface area contributed by atoms with E-state index in [1.807, 2.05) is 19.2 Å². The fraction of sp³-hybridized carbons (Fsp3) is 0.318. The molecular formula is C22H24FN7. The minimum Gasteiger partial charge on any atom is -0.379 e. The highest BCUT2D eigenvalue weighted by Gasteiger charge is 2.38. The first-order valence-electron chi connectivity index (χ1n) is 10.1. The number of nitrogens with zero attached hydrogens (tertiary/aromatic N) is 5. The van der Waals surface area contributed by atoms with Crippen molar-refractivity contribution in [2.24, 2.45) is 0 Å². The third-order valence-electron chi connectivity index (χ3n) is 5.55. The normalized spacial score (nSPS) is 18.3. The Morgan fingerprint density at radius 3 is 2.83 bits per heavy atom. The molecule has 0 aliphatic heterocycles. The zero-order valence-electron chi connectivity index (χ0n) is 17.2. The van der Waals surface area contributed by atoms with Gasteiger partial charge in [-0.25, -0.2) is 14.4 Å². The Bertz CT molecular complexity index is 1270. The van der Waals surface area contributed by atoms with Gasteiger partial charge in [0.15, 0.2) is 5.65 Å². The van der Waals surface area contributed by atoms with Crippen LogP contribution in [-0.2, 0) is 0 Å². The first-order chi connectivity index (χ1) is 14.5. The molecule has 2 N–H and O–H groups in total. The second-order valence-corrected chi connectivity index (χ2v) is 7.97. The monoisotopic (exact) mass is 405 g/mol. The Labute approximate surface area is 173 Å². The van der Waals surface area contributed by atoms with Gasteiger partial charge in [0.25, 0.3) is 0 Å². The molecule has 154 valence electrons. The summed E-state index contributed by atoms with van der Waals surface area (Å²) in [4.78, 5) is 9.51. The fourth-order valence-electron chi connectivity index (χ4n) is 3.79. The van der Waals surface area contributed by atoms with Gasteiger partial charge in [-0.2, -0.15) is 9.61 Å². The third-order valence-corrected chi connectivity index (χ3v) is 5.55. The van der Waals surface area contributed by atoms with Crippen molar-refractivity contribution in [2.45, 2.75) is 38.5 Å². The molecule has 1 saturated carbocycles. The van der Waals surface area contributed by atoms with Crippen molar-refractivity contribution in [3.8, 4) is 11.3 Å². The predicted octanol–water partition coefficient (Wildman–Crippen LogP) is 4.04. The highest BCUT2D eigenvalue weighted by atomic mass is 19.1. The van der Waals surface area contributed by atoms with Gasteiger partial charge in [0, 0.05) is 54.6 Å². The Hall–Kier alpha value is -3.42. The molecule has 0 radical (unpaired) electrons. The number of halogens is 1. The van der Waals surface area contributed by atoms with Gasteiger partial charge in [0.2, 0.25) is 0 Å². The predicted molar refractivity (Wildman–Crippen MR) is 117 cm³/mol. The van der Waals surface area contributed by atoms with E-state index in [0.717, 1.165) is 33.7 Å². The lowest BCUT2D eigenvalue weighted by molar-refractivity contribution is 0.459. The van der Waals surface area contributed by atoms with E-state index in [0.29, 0.717) is 17.8 Å². The average Bonchev–Trinajstić information content (AvgIpc) is 3.14. The minimum atomic E-state index is -0.811. The van der Waals surface area contributed by atoms with Crippen LogP contribution in [0.4, 0.5) is 10.2 Å². The summed E-state index contributed by atoms with van der Waals surface area (Å²) in [6.07, 6.45) is 5.33. The molecule has 4 aromatic heterocycles. The Morgan fingerprint density at radius 2 is 2.13 bits per heavy atom. The molecule has 0 amide bonds. The molecule has 0 saturated heterocycles. The SMILES string of the molecule is C=C(N[C@H]1C[C@H]1F)c1cnn2c(NC)cc(-c3cn(C(C)C)c4ncccc34)nc12. The lowest BCUT2D eigenvalue weighted by atomic mass is 10.1. The van der Waals surface area contributed by atoms with Gasteiger partial charge < -0.3 is 15.2 Å². The van der Waals surface area contributed by atoms with Crippen molar-refractivity contribution in [1.82, 2.24) is 29.5 Å². The topological polar surface area (TPSA) is 72.1 Å². The molecule has 1 aliphatic rings. The molecule has 1 aliphatic carbocycles. The molecular weight excluding hydrogens is 381 g/mol. The first kappa shape index (κ1) is 18.6. The summed E-state index contributed by atoms with van der Waals surface area (Å²) in [5, 5.41) is 11.9. The number of aromatic nitrogens is 5. The van der Waals surface area contributed by atoms with Crippen molar-refractivity contribution in [3.63, 3.8) is 0 Å². The lowest BCUT2D eigenvalue weighted by Gasteiger charge is -2.10. The first-order valence-corrected chi connectivity index (χ1v) is 10.1. The van der Waals surface area contributed by atoms with Gasteiger partial charge >= 0.3 is 0 Å². The molecule has 2 atom stereocenters. The number of nitrogens with one attached hydrogen (secondary N) is 2. The van der Waals surface area contributed by atoms with E-state index in [9.17, 15) is 4.39 Å². The molecule has 30 heavy (non-hydrogen) atoms. The molecule has 0 unspecified atom stereocenters. The molecule has 0 aromatic carbocycles. The summed E-state index contributed by atoms with van der Waals surface area (Å²) in [7, 11) is 1.85. The van der Waals surface area contributed by atoms with Crippen LogP contribution in [0, 0.1) is 0 Å². The zero-order valence-corrected chi connectivity index (χ0v) is 17.2. The Balaban J connectivity index is 1.68. The van der Waals surface area contributed by atoms with E-state index in [2.05, 4.69) is 58.0 Å². The van der Waals surface area contributed by atoms with Crippen molar-refractivity contribution in [1.29, 1.82) is 0 Å². The van der Waals surface area contributed by atoms with Gasteiger partial charge in [-0.15, -0.1) is 0 Å². The standard InChI is InChI=1S/C22H24FN7/c1-12(2)29-11-16(14-6-5-7-25-21(14)29)18-9-20(24-4)30-22(28-18)15(10-26-30)13(3)27-19-8-17(19)23/h5-7,9-12,17,19,24,27H,3,8H2,1-2,4H3/t17-,19+/m1/s1. The van der Waals surface area contributed by atoms with Crippen molar-refractivity contribution < 1.29 is 4.39 Å². The van der Waals surface area contributed by atoms with Crippen LogP contribution in [0.3, 0.4) is 0 Å². The smallest absolute Gasteiger partial charge is 0.167 e. The number of fused-ring (bicyclic) bond motifs is 2. The maximum absolute atomic E-state index is 13.4. The summed E-state index contributed by atoms with van der Waals surface area (Å²) in [5.74, 6) is 0.804. The van der Waals surface area contributed by atoms with E-state index >= 15 is 0 Å². The van der Waals surface area contributed by atoms with Gasteiger partial charge in [0.1, 0.15) is 17.6 Å². The van der Waals surface area contributed by atoms with Crippen LogP contribution in [0.5, 0.6) is 0 Å². The molecule has 0 spiro atoms. The van der Waals surface area contributed by atoms with E-state index in [4.69, 9.17) is 4.98 Å². The Kier molecular flexibility index (Phi) is 4.23. The van der Waals surface area contributed by atoms with E-state index in [-0.39, 0.29) is 12.1 Å². The summed E-state index contributed by atoms with van der Waals surface area (Å²) < 4.78 is 17.2. The van der Waals surface area contributed by atoms with Gasteiger partial charge in [-0.1, -0.05) is 6.58 Å². The average molecular weight is 405 g/mol. The zero-order chi connectivity index (χ0) is 21.0. The third kappa shape index (κ3) is 2.91. The number of pyridine rings is 1. The van der Waals surface area contributed by atoms with Crippen molar-refractivity contribution in [2.75, 3.05) is 12.4 Å². The second kappa shape index (κ2) is 6.83. The van der Waals surface area contributed by atoms with Crippen LogP contribution in [0.1, 0.15) is 31.9 Å². The summed E-state index contributed by atoms with van der Waals surface area (Å²) in [6, 6.07) is 6.07. The summed E-state index contributed by atoms with van der Waals surface area (Å²) in [5.41, 5.74) is 4.81. The van der Waals surface area contributed by atoms with Crippen LogP contribution in [0.2, 0.25) is 0 Å². The van der Waals surface area contributed by atoms with Crippen molar-refractivity contribution in [3.05, 3.63) is 48.9 Å². The second-order valence-electron chi connectivity index (χ2n) is 7.97. The molecule has 5 rings (SSSR count). The minimum absolute atomic E-state index is 0.172. The number of rotatable bonds is 6. The van der Waals surface area contributed by atoms with Gasteiger partial charge in [-0.05, 0) is 26.0 Å². The Morgan fingerprint density at radius 1 is 1.33 bits per heavy atom. The molecule has 4 heterocycles. The largest absolute Gasteiger partial charge is 0.379 e. The number of hydrogen-bond acceptors (Lipinski definition) is 5. The molecule has 8 heteroatoms. The van der Waals surface area contributed by atoms with Crippen molar-refractivity contribution >= 4 is 28.2 Å². The quantitative estimate of drug-likeness (QED) is 0.507. The summed E-state index contributed by atoms with van der Waals surface area (Å²) in [6.45, 7) is 8.36. The van der Waals surface area contributed by atoms with Gasteiger partial charge in [-0.3, -0.25) is 0 Å². The van der Waals surface area contributed by atoms with E-state index < -0.39 is 6.17 Å². The number of hydrogen-bond donors (Lipinski definition) is 2. The van der Waals surface area contributed by atoms with E-state index in [1.165, 1.54) is 0 Å². The number of anilines is 1. The highest BCUT2D eigenvalue weighted by molar-refractivity contribution is 5.94. The molecule has 0 bridgehead atoms. The molecule has 4 aromatic rings. The fourth-order valence-corrected chi connectivity index (χ4v) is 3.79. The van der Waals surface area contributed by atoms with Crippen LogP contribution < -0.4 is 10.6 Å². The van der Waals surface area contributed by atoms with E-state index in [1.54, 1.807) is 16.9 Å². The molecule has 7 nitrogen and oxygen atoms in total. The van der Waals surface area contributed by atoms with Crippen LogP contribution in [0.15, 0.2) is 43.4 Å². The highest BCUT2D eigenvalue weighted by Crippen LogP contribution is 2.33. The van der Waals surface area contributed by atoms with Gasteiger partial charge in [0.05, 0.1) is 23.5 Å². The summed E-state index contributed by atoms with van der Waals surface area (Å²) >= 11 is 0. The number of alkyl halides is 1. The van der Waals surface area contributed by atoms with Crippen LogP contribution in [-0.4, -0.2) is 43.4 Å². The maximum atomic E-state index is 13.4.